The number of hydrogen-bond donors (Lipinski definition) is 1. The lowest BCUT2D eigenvalue weighted by atomic mass is 10.00. The molecule has 1 aliphatic heterocycles. The zero-order chi connectivity index (χ0) is 15.5. The van der Waals surface area contributed by atoms with E-state index in [2.05, 4.69) is 18.3 Å². The van der Waals surface area contributed by atoms with Crippen LogP contribution >= 0.6 is 0 Å². The molecule has 0 atom stereocenters. The van der Waals surface area contributed by atoms with Crippen LogP contribution in [-0.2, 0) is 11.2 Å². The summed E-state index contributed by atoms with van der Waals surface area (Å²) in [7, 11) is 0. The number of carbonyl (C=O) groups is 1. The summed E-state index contributed by atoms with van der Waals surface area (Å²) in [6.45, 7) is 4.78. The molecular formula is C18H19NO3. The number of amides is 1. The molecule has 2 aromatic carbocycles. The summed E-state index contributed by atoms with van der Waals surface area (Å²) >= 11 is 0. The number of anilines is 1. The third-order valence-electron chi connectivity index (χ3n) is 3.67. The van der Waals surface area contributed by atoms with Crippen LogP contribution in [0.25, 0.3) is 11.1 Å². The van der Waals surface area contributed by atoms with Crippen molar-refractivity contribution in [1.29, 1.82) is 0 Å². The predicted molar refractivity (Wildman–Crippen MR) is 86.5 cm³/mol. The molecule has 0 spiro atoms. The van der Waals surface area contributed by atoms with Gasteiger partial charge in [-0.3, -0.25) is 4.79 Å². The first-order chi connectivity index (χ1) is 10.7. The normalized spacial score (nSPS) is 12.8. The maximum atomic E-state index is 11.3. The number of ether oxygens (including phenoxy) is 2. The molecule has 0 radical (unpaired) electrons. The van der Waals surface area contributed by atoms with Crippen LogP contribution in [-0.4, -0.2) is 19.1 Å². The Morgan fingerprint density at radius 2 is 1.73 bits per heavy atom. The Kier molecular flexibility index (Phi) is 4.00. The fourth-order valence-electron chi connectivity index (χ4n) is 2.60. The van der Waals surface area contributed by atoms with Crippen molar-refractivity contribution in [2.75, 3.05) is 18.5 Å². The van der Waals surface area contributed by atoms with Gasteiger partial charge in [-0.05, 0) is 47.4 Å². The summed E-state index contributed by atoms with van der Waals surface area (Å²) in [5, 5.41) is 2.87. The highest BCUT2D eigenvalue weighted by Gasteiger charge is 2.13. The number of fused-ring (bicyclic) bond motifs is 1. The zero-order valence-corrected chi connectivity index (χ0v) is 12.8. The fourth-order valence-corrected chi connectivity index (χ4v) is 2.60. The summed E-state index contributed by atoms with van der Waals surface area (Å²) in [6.07, 6.45) is 0.855. The van der Waals surface area contributed by atoms with E-state index in [9.17, 15) is 4.79 Å². The fraction of sp³-hybridized carbons (Fsp3) is 0.278. The Morgan fingerprint density at radius 3 is 2.45 bits per heavy atom. The molecule has 114 valence electrons. The van der Waals surface area contributed by atoms with Crippen molar-refractivity contribution >= 4 is 11.6 Å². The molecule has 1 heterocycles. The molecule has 0 unspecified atom stereocenters. The molecule has 0 aliphatic carbocycles. The molecule has 0 saturated heterocycles. The monoisotopic (exact) mass is 297 g/mol. The van der Waals surface area contributed by atoms with Gasteiger partial charge in [-0.15, -0.1) is 0 Å². The van der Waals surface area contributed by atoms with Crippen molar-refractivity contribution in [3.63, 3.8) is 0 Å². The van der Waals surface area contributed by atoms with Gasteiger partial charge < -0.3 is 14.8 Å². The molecule has 0 fully saturated rings. The molecule has 0 bridgehead atoms. The minimum absolute atomic E-state index is 0.0539. The van der Waals surface area contributed by atoms with Crippen LogP contribution in [0.4, 0.5) is 5.69 Å². The van der Waals surface area contributed by atoms with Gasteiger partial charge in [0.2, 0.25) is 5.91 Å². The number of carbonyl (C=O) groups excluding carboxylic acids is 1. The Morgan fingerprint density at radius 1 is 1.05 bits per heavy atom. The number of nitrogens with one attached hydrogen (secondary N) is 1. The molecule has 22 heavy (non-hydrogen) atoms. The van der Waals surface area contributed by atoms with Gasteiger partial charge in [0.15, 0.2) is 11.5 Å². The van der Waals surface area contributed by atoms with Crippen LogP contribution in [0.2, 0.25) is 0 Å². The standard InChI is InChI=1S/C18H19NO3/c1-3-13-10-14(4-6-16(13)19-12(2)20)15-5-7-17-18(11-15)22-9-8-21-17/h4-7,10-11H,3,8-9H2,1-2H3,(H,19,20). The van der Waals surface area contributed by atoms with Gasteiger partial charge >= 0.3 is 0 Å². The first kappa shape index (κ1) is 14.4. The van der Waals surface area contributed by atoms with Gasteiger partial charge in [-0.1, -0.05) is 19.1 Å². The first-order valence-electron chi connectivity index (χ1n) is 7.48. The highest BCUT2D eigenvalue weighted by Crippen LogP contribution is 2.35. The lowest BCUT2D eigenvalue weighted by molar-refractivity contribution is -0.114. The number of aryl methyl sites for hydroxylation is 1. The van der Waals surface area contributed by atoms with Crippen molar-refractivity contribution in [2.45, 2.75) is 20.3 Å². The minimum Gasteiger partial charge on any atom is -0.486 e. The van der Waals surface area contributed by atoms with E-state index in [1.54, 1.807) is 0 Å². The third-order valence-corrected chi connectivity index (χ3v) is 3.67. The van der Waals surface area contributed by atoms with Gasteiger partial charge in [0, 0.05) is 12.6 Å². The molecule has 3 rings (SSSR count). The minimum atomic E-state index is -0.0539. The molecule has 1 N–H and O–H groups in total. The smallest absolute Gasteiger partial charge is 0.221 e. The van der Waals surface area contributed by atoms with E-state index in [1.165, 1.54) is 6.92 Å². The molecule has 2 aromatic rings. The van der Waals surface area contributed by atoms with E-state index in [0.29, 0.717) is 13.2 Å². The van der Waals surface area contributed by atoms with E-state index in [0.717, 1.165) is 40.3 Å². The topological polar surface area (TPSA) is 47.6 Å². The highest BCUT2D eigenvalue weighted by atomic mass is 16.6. The Bertz CT molecular complexity index is 709. The van der Waals surface area contributed by atoms with Crippen LogP contribution in [0.5, 0.6) is 11.5 Å². The highest BCUT2D eigenvalue weighted by molar-refractivity contribution is 5.90. The molecule has 4 nitrogen and oxygen atoms in total. The largest absolute Gasteiger partial charge is 0.486 e. The molecule has 1 aliphatic rings. The van der Waals surface area contributed by atoms with Gasteiger partial charge in [0.25, 0.3) is 0 Å². The predicted octanol–water partition coefficient (Wildman–Crippen LogP) is 3.65. The van der Waals surface area contributed by atoms with Gasteiger partial charge in [0.05, 0.1) is 0 Å². The Balaban J connectivity index is 1.96. The van der Waals surface area contributed by atoms with Gasteiger partial charge in [0.1, 0.15) is 13.2 Å². The molecule has 0 saturated carbocycles. The second-order valence-electron chi connectivity index (χ2n) is 5.27. The average Bonchev–Trinajstić information content (AvgIpc) is 2.54. The van der Waals surface area contributed by atoms with E-state index < -0.39 is 0 Å². The molecular weight excluding hydrogens is 278 g/mol. The van der Waals surface area contributed by atoms with Crippen LogP contribution < -0.4 is 14.8 Å². The van der Waals surface area contributed by atoms with Crippen molar-refractivity contribution in [3.05, 3.63) is 42.0 Å². The molecule has 4 heteroatoms. The summed E-state index contributed by atoms with van der Waals surface area (Å²) in [5.41, 5.74) is 4.16. The van der Waals surface area contributed by atoms with Gasteiger partial charge in [-0.25, -0.2) is 0 Å². The van der Waals surface area contributed by atoms with Crippen molar-refractivity contribution in [1.82, 2.24) is 0 Å². The van der Waals surface area contributed by atoms with Crippen molar-refractivity contribution in [2.24, 2.45) is 0 Å². The lowest BCUT2D eigenvalue weighted by Crippen LogP contribution is -2.15. The Labute approximate surface area is 130 Å². The van der Waals surface area contributed by atoms with Crippen molar-refractivity contribution in [3.8, 4) is 22.6 Å². The maximum absolute atomic E-state index is 11.3. The second kappa shape index (κ2) is 6.10. The quantitative estimate of drug-likeness (QED) is 0.940. The van der Waals surface area contributed by atoms with Crippen LogP contribution in [0.15, 0.2) is 36.4 Å². The van der Waals surface area contributed by atoms with Crippen LogP contribution in [0.3, 0.4) is 0 Å². The average molecular weight is 297 g/mol. The Hall–Kier alpha value is -2.49. The number of hydrogen-bond acceptors (Lipinski definition) is 3. The van der Waals surface area contributed by atoms with E-state index in [4.69, 9.17) is 9.47 Å². The van der Waals surface area contributed by atoms with Crippen LogP contribution in [0, 0.1) is 0 Å². The summed E-state index contributed by atoms with van der Waals surface area (Å²) in [5.74, 6) is 1.52. The summed E-state index contributed by atoms with van der Waals surface area (Å²) in [4.78, 5) is 11.3. The SMILES string of the molecule is CCc1cc(-c2ccc3c(c2)OCCO3)ccc1NC(C)=O. The number of benzene rings is 2. The summed E-state index contributed by atoms with van der Waals surface area (Å²) < 4.78 is 11.2. The molecule has 1 amide bonds. The van der Waals surface area contributed by atoms with E-state index in [-0.39, 0.29) is 5.91 Å². The number of rotatable bonds is 3. The van der Waals surface area contributed by atoms with Gasteiger partial charge in [-0.2, -0.15) is 0 Å². The van der Waals surface area contributed by atoms with Crippen molar-refractivity contribution < 1.29 is 14.3 Å². The molecule has 0 aromatic heterocycles. The zero-order valence-electron chi connectivity index (χ0n) is 12.8. The summed E-state index contributed by atoms with van der Waals surface area (Å²) in [6, 6.07) is 12.0. The second-order valence-corrected chi connectivity index (χ2v) is 5.27. The first-order valence-corrected chi connectivity index (χ1v) is 7.48. The lowest BCUT2D eigenvalue weighted by Gasteiger charge is -2.19. The van der Waals surface area contributed by atoms with Crippen LogP contribution in [0.1, 0.15) is 19.4 Å². The maximum Gasteiger partial charge on any atom is 0.221 e. The third kappa shape index (κ3) is 2.91. The van der Waals surface area contributed by atoms with E-state index in [1.807, 2.05) is 30.3 Å². The van der Waals surface area contributed by atoms with E-state index >= 15 is 0 Å².